The first-order valence-corrected chi connectivity index (χ1v) is 4.32. The van der Waals surface area contributed by atoms with E-state index in [1.165, 1.54) is 0 Å². The SMILES string of the molecule is [N-]=[N+]=NCCC#Cc1cccnc1Cl. The lowest BCUT2D eigenvalue weighted by Crippen LogP contribution is -1.80. The Morgan fingerprint density at radius 2 is 2.50 bits per heavy atom. The minimum absolute atomic E-state index is 0.376. The smallest absolute Gasteiger partial charge is 0.144 e. The van der Waals surface area contributed by atoms with E-state index in [2.05, 4.69) is 26.9 Å². The van der Waals surface area contributed by atoms with Crippen LogP contribution in [0.15, 0.2) is 23.4 Å². The highest BCUT2D eigenvalue weighted by atomic mass is 35.5. The molecular weight excluding hydrogens is 200 g/mol. The molecule has 70 valence electrons. The minimum Gasteiger partial charge on any atom is -0.243 e. The van der Waals surface area contributed by atoms with Crippen LogP contribution in [0.1, 0.15) is 12.0 Å². The lowest BCUT2D eigenvalue weighted by molar-refractivity contribution is 1.01. The van der Waals surface area contributed by atoms with Gasteiger partial charge in [0.1, 0.15) is 5.15 Å². The highest BCUT2D eigenvalue weighted by molar-refractivity contribution is 6.30. The molecule has 5 heteroatoms. The highest BCUT2D eigenvalue weighted by Gasteiger charge is 1.93. The van der Waals surface area contributed by atoms with Crippen molar-refractivity contribution in [3.63, 3.8) is 0 Å². The summed E-state index contributed by atoms with van der Waals surface area (Å²) in [6.45, 7) is 0.376. The summed E-state index contributed by atoms with van der Waals surface area (Å²) in [5.74, 6) is 5.68. The van der Waals surface area contributed by atoms with Gasteiger partial charge in [-0.2, -0.15) is 0 Å². The Morgan fingerprint density at radius 1 is 1.64 bits per heavy atom. The fourth-order valence-electron chi connectivity index (χ4n) is 0.788. The van der Waals surface area contributed by atoms with Crippen molar-refractivity contribution >= 4 is 11.6 Å². The van der Waals surface area contributed by atoms with Gasteiger partial charge in [-0.15, -0.1) is 0 Å². The van der Waals surface area contributed by atoms with Crippen LogP contribution in [0, 0.1) is 11.8 Å². The van der Waals surface area contributed by atoms with Crippen LogP contribution in [0.4, 0.5) is 0 Å². The van der Waals surface area contributed by atoms with Crippen LogP contribution in [0.25, 0.3) is 10.4 Å². The molecule has 0 bridgehead atoms. The van der Waals surface area contributed by atoms with E-state index in [1.54, 1.807) is 18.3 Å². The van der Waals surface area contributed by atoms with Crippen molar-refractivity contribution in [2.24, 2.45) is 5.11 Å². The molecule has 1 rings (SSSR count). The first-order valence-electron chi connectivity index (χ1n) is 3.95. The maximum atomic E-state index is 8.01. The van der Waals surface area contributed by atoms with Crippen LogP contribution < -0.4 is 0 Å². The zero-order valence-electron chi connectivity index (χ0n) is 7.31. The van der Waals surface area contributed by atoms with Gasteiger partial charge in [-0.05, 0) is 17.7 Å². The van der Waals surface area contributed by atoms with Crippen LogP contribution >= 0.6 is 11.6 Å². The van der Waals surface area contributed by atoms with E-state index in [-0.39, 0.29) is 0 Å². The van der Waals surface area contributed by atoms with Gasteiger partial charge in [0.2, 0.25) is 0 Å². The fraction of sp³-hybridized carbons (Fsp3) is 0.222. The molecule has 0 amide bonds. The lowest BCUT2D eigenvalue weighted by atomic mass is 10.3. The van der Waals surface area contributed by atoms with Crippen molar-refractivity contribution in [1.82, 2.24) is 4.98 Å². The van der Waals surface area contributed by atoms with E-state index in [9.17, 15) is 0 Å². The van der Waals surface area contributed by atoms with Gasteiger partial charge in [-0.3, -0.25) is 0 Å². The first-order chi connectivity index (χ1) is 6.84. The Labute approximate surface area is 86.5 Å². The van der Waals surface area contributed by atoms with Crippen LogP contribution in [-0.4, -0.2) is 11.5 Å². The Kier molecular flexibility index (Phi) is 4.36. The Morgan fingerprint density at radius 3 is 3.21 bits per heavy atom. The van der Waals surface area contributed by atoms with Gasteiger partial charge in [0, 0.05) is 24.1 Å². The average molecular weight is 207 g/mol. The molecule has 0 aliphatic carbocycles. The summed E-state index contributed by atoms with van der Waals surface area (Å²) >= 11 is 5.77. The van der Waals surface area contributed by atoms with Crippen LogP contribution in [0.3, 0.4) is 0 Å². The molecule has 0 atom stereocenters. The molecule has 0 fully saturated rings. The molecule has 0 unspecified atom stereocenters. The summed E-state index contributed by atoms with van der Waals surface area (Å²) in [5.41, 5.74) is 8.70. The number of aromatic nitrogens is 1. The van der Waals surface area contributed by atoms with Crippen LogP contribution in [0.2, 0.25) is 5.15 Å². The van der Waals surface area contributed by atoms with Gasteiger partial charge < -0.3 is 0 Å². The van der Waals surface area contributed by atoms with Crippen LogP contribution in [0.5, 0.6) is 0 Å². The molecule has 0 saturated heterocycles. The summed E-state index contributed by atoms with van der Waals surface area (Å²) in [7, 11) is 0. The third-order valence-corrected chi connectivity index (χ3v) is 1.68. The summed E-state index contributed by atoms with van der Waals surface area (Å²) in [5, 5.41) is 3.75. The van der Waals surface area contributed by atoms with Gasteiger partial charge in [0.05, 0.1) is 5.56 Å². The Balaban J connectivity index is 2.59. The molecule has 0 saturated carbocycles. The van der Waals surface area contributed by atoms with E-state index >= 15 is 0 Å². The molecule has 1 aromatic heterocycles. The van der Waals surface area contributed by atoms with Gasteiger partial charge in [0.25, 0.3) is 0 Å². The van der Waals surface area contributed by atoms with Crippen molar-refractivity contribution in [3.05, 3.63) is 39.5 Å². The van der Waals surface area contributed by atoms with E-state index in [0.29, 0.717) is 23.7 Å². The molecule has 0 radical (unpaired) electrons. The molecule has 1 aromatic rings. The largest absolute Gasteiger partial charge is 0.243 e. The molecule has 0 aromatic carbocycles. The fourth-order valence-corrected chi connectivity index (χ4v) is 0.954. The molecule has 0 N–H and O–H groups in total. The Hall–Kier alpha value is -1.69. The second kappa shape index (κ2) is 5.87. The number of hydrogen-bond donors (Lipinski definition) is 0. The first kappa shape index (κ1) is 10.4. The van der Waals surface area contributed by atoms with Crippen molar-refractivity contribution in [3.8, 4) is 11.8 Å². The third-order valence-electron chi connectivity index (χ3n) is 1.38. The summed E-state index contributed by atoms with van der Waals surface area (Å²) in [6, 6.07) is 3.55. The van der Waals surface area contributed by atoms with E-state index in [0.717, 1.165) is 0 Å². The number of rotatable bonds is 2. The number of hydrogen-bond acceptors (Lipinski definition) is 2. The van der Waals surface area contributed by atoms with E-state index in [1.807, 2.05) is 0 Å². The lowest BCUT2D eigenvalue weighted by Gasteiger charge is -1.91. The Bertz CT molecular complexity index is 412. The maximum Gasteiger partial charge on any atom is 0.144 e. The standard InChI is InChI=1S/C9H7ClN4/c10-9-8(5-3-6-12-9)4-1-2-7-13-14-11/h3,5-6H,2,7H2. The monoisotopic (exact) mass is 206 g/mol. The van der Waals surface area contributed by atoms with Gasteiger partial charge in [0.15, 0.2) is 0 Å². The van der Waals surface area contributed by atoms with Gasteiger partial charge in [-0.1, -0.05) is 28.6 Å². The average Bonchev–Trinajstić information content (AvgIpc) is 2.20. The number of halogens is 1. The molecule has 14 heavy (non-hydrogen) atoms. The van der Waals surface area contributed by atoms with Crippen molar-refractivity contribution in [1.29, 1.82) is 0 Å². The number of nitrogens with zero attached hydrogens (tertiary/aromatic N) is 4. The molecule has 0 aliphatic heterocycles. The number of azide groups is 1. The minimum atomic E-state index is 0.376. The zero-order valence-corrected chi connectivity index (χ0v) is 8.07. The summed E-state index contributed by atoms with van der Waals surface area (Å²) in [4.78, 5) is 6.49. The molecule has 4 nitrogen and oxygen atoms in total. The third kappa shape index (κ3) is 3.36. The topological polar surface area (TPSA) is 61.7 Å². The second-order valence-electron chi connectivity index (χ2n) is 2.35. The van der Waals surface area contributed by atoms with Crippen LogP contribution in [-0.2, 0) is 0 Å². The highest BCUT2D eigenvalue weighted by Crippen LogP contribution is 2.09. The van der Waals surface area contributed by atoms with Crippen molar-refractivity contribution in [2.45, 2.75) is 6.42 Å². The molecule has 1 heterocycles. The normalized spacial score (nSPS) is 8.36. The quantitative estimate of drug-likeness (QED) is 0.183. The van der Waals surface area contributed by atoms with Crippen molar-refractivity contribution < 1.29 is 0 Å². The molecule has 0 aliphatic rings. The van der Waals surface area contributed by atoms with Gasteiger partial charge in [-0.25, -0.2) is 4.98 Å². The predicted octanol–water partition coefficient (Wildman–Crippen LogP) is 2.79. The van der Waals surface area contributed by atoms with Gasteiger partial charge >= 0.3 is 0 Å². The molecule has 0 spiro atoms. The van der Waals surface area contributed by atoms with E-state index < -0.39 is 0 Å². The maximum absolute atomic E-state index is 8.01. The summed E-state index contributed by atoms with van der Waals surface area (Å²) < 4.78 is 0. The zero-order chi connectivity index (χ0) is 10.2. The number of pyridine rings is 1. The van der Waals surface area contributed by atoms with Crippen molar-refractivity contribution in [2.75, 3.05) is 6.54 Å². The predicted molar refractivity (Wildman–Crippen MR) is 54.8 cm³/mol. The second-order valence-corrected chi connectivity index (χ2v) is 2.71. The molecular formula is C9H7ClN4. The summed E-state index contributed by atoms with van der Waals surface area (Å²) in [6.07, 6.45) is 2.13. The van der Waals surface area contributed by atoms with E-state index in [4.69, 9.17) is 17.1 Å².